The molecule has 3 aliphatic heterocycles. The van der Waals surface area contributed by atoms with E-state index in [1.807, 2.05) is 0 Å². The molecule has 3 heterocycles. The summed E-state index contributed by atoms with van der Waals surface area (Å²) in [6.45, 7) is 9.60. The van der Waals surface area contributed by atoms with Gasteiger partial charge in [-0.05, 0) is 37.1 Å². The fraction of sp³-hybridized carbons (Fsp3) is 0.455. The van der Waals surface area contributed by atoms with Crippen LogP contribution in [0.2, 0.25) is 0 Å². The molecule has 2 saturated heterocycles. The Morgan fingerprint density at radius 1 is 1.03 bits per heavy atom. The molecule has 10 heteroatoms. The van der Waals surface area contributed by atoms with E-state index in [0.717, 1.165) is 53.3 Å². The Morgan fingerprint density at radius 2 is 1.75 bits per heavy atom. The molecule has 0 aromatic heterocycles. The van der Waals surface area contributed by atoms with Crippen LogP contribution in [0.4, 0.5) is 5.69 Å². The van der Waals surface area contributed by atoms with Crippen molar-refractivity contribution in [3.63, 3.8) is 0 Å². The van der Waals surface area contributed by atoms with Gasteiger partial charge in [0.25, 0.3) is 10.2 Å². The van der Waals surface area contributed by atoms with E-state index in [-0.39, 0.29) is 0 Å². The highest BCUT2D eigenvalue weighted by Gasteiger charge is 2.26. The summed E-state index contributed by atoms with van der Waals surface area (Å²) in [4.78, 5) is 8.55. The molecule has 5 rings (SSSR count). The predicted octanol–water partition coefficient (Wildman–Crippen LogP) is 1.15. The van der Waals surface area contributed by atoms with Crippen molar-refractivity contribution in [3.05, 3.63) is 40.7 Å². The summed E-state index contributed by atoms with van der Waals surface area (Å²) in [7, 11) is -3.63. The van der Waals surface area contributed by atoms with E-state index in [2.05, 4.69) is 47.6 Å². The SMILES string of the molecule is Cc1cc(=[N+]2CCN(S(N)(=O)=O)CC2)cc2sc3cc(N4CCOCC4)cc(C)c3nc1-2. The van der Waals surface area contributed by atoms with E-state index in [0.29, 0.717) is 26.2 Å². The van der Waals surface area contributed by atoms with E-state index in [1.165, 1.54) is 20.3 Å². The zero-order valence-corrected chi connectivity index (χ0v) is 20.0. The minimum Gasteiger partial charge on any atom is -0.378 e. The number of nitrogens with zero attached hydrogens (tertiary/aromatic N) is 4. The van der Waals surface area contributed by atoms with Gasteiger partial charge in [0, 0.05) is 30.9 Å². The highest BCUT2D eigenvalue weighted by Crippen LogP contribution is 2.35. The lowest BCUT2D eigenvalue weighted by Gasteiger charge is -2.29. The Hall–Kier alpha value is -2.11. The molecule has 0 saturated carbocycles. The van der Waals surface area contributed by atoms with Crippen molar-refractivity contribution in [2.24, 2.45) is 5.14 Å². The monoisotopic (exact) mass is 474 g/mol. The predicted molar refractivity (Wildman–Crippen MR) is 128 cm³/mol. The summed E-state index contributed by atoms with van der Waals surface area (Å²) in [6.07, 6.45) is 0. The van der Waals surface area contributed by atoms with Gasteiger partial charge in [0.2, 0.25) is 5.36 Å². The van der Waals surface area contributed by atoms with Crippen molar-refractivity contribution in [1.29, 1.82) is 0 Å². The number of hydrogen-bond donors (Lipinski definition) is 1. The lowest BCUT2D eigenvalue weighted by Crippen LogP contribution is -2.51. The number of nitrogens with two attached hydrogens (primary N) is 1. The van der Waals surface area contributed by atoms with Crippen LogP contribution in [-0.2, 0) is 14.9 Å². The molecular weight excluding hydrogens is 446 g/mol. The zero-order chi connectivity index (χ0) is 22.5. The van der Waals surface area contributed by atoms with E-state index >= 15 is 0 Å². The molecule has 0 spiro atoms. The number of benzene rings is 2. The number of anilines is 1. The van der Waals surface area contributed by atoms with Crippen LogP contribution in [0.25, 0.3) is 20.8 Å². The Kier molecular flexibility index (Phi) is 5.67. The van der Waals surface area contributed by atoms with Gasteiger partial charge in [0.15, 0.2) is 13.1 Å². The minimum atomic E-state index is -3.63. The Bertz CT molecular complexity index is 1320. The van der Waals surface area contributed by atoms with Gasteiger partial charge < -0.3 is 9.64 Å². The molecule has 32 heavy (non-hydrogen) atoms. The quantitative estimate of drug-likeness (QED) is 0.444. The fourth-order valence-electron chi connectivity index (χ4n) is 4.52. The maximum atomic E-state index is 11.6. The summed E-state index contributed by atoms with van der Waals surface area (Å²) < 4.78 is 33.5. The molecule has 0 radical (unpaired) electrons. The maximum Gasteiger partial charge on any atom is 0.277 e. The normalized spacial score (nSPS) is 18.6. The number of morpholine rings is 1. The Labute approximate surface area is 192 Å². The number of fused-ring (bicyclic) bond motifs is 2. The lowest BCUT2D eigenvalue weighted by molar-refractivity contribution is 0.122. The number of piperazine rings is 1. The topological polar surface area (TPSA) is 91.8 Å². The van der Waals surface area contributed by atoms with Gasteiger partial charge in [-0.1, -0.05) is 0 Å². The number of hydrogen-bond acceptors (Lipinski definition) is 6. The maximum absolute atomic E-state index is 11.6. The van der Waals surface area contributed by atoms with Crippen molar-refractivity contribution >= 4 is 37.5 Å². The number of aryl methyl sites for hydroxylation is 2. The van der Waals surface area contributed by atoms with Gasteiger partial charge in [-0.3, -0.25) is 0 Å². The molecule has 0 bridgehead atoms. The Balaban J connectivity index is 1.58. The molecule has 2 fully saturated rings. The first kappa shape index (κ1) is 21.7. The lowest BCUT2D eigenvalue weighted by atomic mass is 10.1. The fourth-order valence-corrected chi connectivity index (χ4v) is 6.39. The first-order chi connectivity index (χ1) is 15.3. The second-order valence-corrected chi connectivity index (χ2v) is 11.1. The summed E-state index contributed by atoms with van der Waals surface area (Å²) in [5.74, 6) is 0. The van der Waals surface area contributed by atoms with Gasteiger partial charge in [-0.15, -0.1) is 11.3 Å². The van der Waals surface area contributed by atoms with Crippen molar-refractivity contribution in [1.82, 2.24) is 13.9 Å². The first-order valence-corrected chi connectivity index (χ1v) is 13.2. The molecule has 1 aliphatic carbocycles. The molecule has 2 N–H and O–H groups in total. The third-order valence-electron chi connectivity index (χ3n) is 6.28. The van der Waals surface area contributed by atoms with Crippen molar-refractivity contribution in [2.75, 3.05) is 57.4 Å². The van der Waals surface area contributed by atoms with Gasteiger partial charge >= 0.3 is 0 Å². The van der Waals surface area contributed by atoms with Crippen molar-refractivity contribution in [2.45, 2.75) is 13.8 Å². The molecule has 170 valence electrons. The molecule has 0 atom stereocenters. The summed E-state index contributed by atoms with van der Waals surface area (Å²) in [5.41, 5.74) is 5.61. The molecule has 1 aromatic carbocycles. The van der Waals surface area contributed by atoms with Crippen molar-refractivity contribution in [3.8, 4) is 10.6 Å². The van der Waals surface area contributed by atoms with E-state index < -0.39 is 10.2 Å². The Morgan fingerprint density at radius 3 is 2.44 bits per heavy atom. The van der Waals surface area contributed by atoms with Crippen LogP contribution in [0.3, 0.4) is 0 Å². The van der Waals surface area contributed by atoms with Gasteiger partial charge in [0.05, 0.1) is 47.1 Å². The van der Waals surface area contributed by atoms with Crippen molar-refractivity contribution < 1.29 is 13.2 Å². The standard InChI is InChI=1S/C22H28N5O3S2/c1-15-11-17(25-3-5-27(6-4-25)32(23,28)29)13-19-21(15)24-22-16(2)12-18(14-20(22)31-19)26-7-9-30-10-8-26/h11-14H,3-10H2,1-2H3,(H2,23,28,29)/q+1. The summed E-state index contributed by atoms with van der Waals surface area (Å²) in [6, 6.07) is 8.81. The first-order valence-electron chi connectivity index (χ1n) is 10.8. The third-order valence-corrected chi connectivity index (χ3v) is 8.43. The smallest absolute Gasteiger partial charge is 0.277 e. The number of aromatic nitrogens is 1. The molecule has 8 nitrogen and oxygen atoms in total. The summed E-state index contributed by atoms with van der Waals surface area (Å²) in [5, 5.41) is 6.39. The van der Waals surface area contributed by atoms with Gasteiger partial charge in [-0.25, -0.2) is 14.7 Å². The molecular formula is C22H28N5O3S2+. The van der Waals surface area contributed by atoms with Crippen LogP contribution in [0.5, 0.6) is 0 Å². The second-order valence-electron chi connectivity index (χ2n) is 8.46. The zero-order valence-electron chi connectivity index (χ0n) is 18.4. The second kappa shape index (κ2) is 8.35. The van der Waals surface area contributed by atoms with Crippen LogP contribution in [0.15, 0.2) is 24.3 Å². The minimum absolute atomic E-state index is 0.400. The van der Waals surface area contributed by atoms with Crippen LogP contribution >= 0.6 is 11.3 Å². The average molecular weight is 475 g/mol. The highest BCUT2D eigenvalue weighted by atomic mass is 32.2. The molecule has 0 unspecified atom stereocenters. The highest BCUT2D eigenvalue weighted by molar-refractivity contribution is 7.86. The number of rotatable bonds is 2. The van der Waals surface area contributed by atoms with Crippen LogP contribution < -0.4 is 20.0 Å². The van der Waals surface area contributed by atoms with Crippen LogP contribution in [0.1, 0.15) is 11.1 Å². The molecule has 0 amide bonds. The largest absolute Gasteiger partial charge is 0.378 e. The van der Waals surface area contributed by atoms with Crippen LogP contribution in [-0.4, -0.2) is 70.2 Å². The van der Waals surface area contributed by atoms with Gasteiger partial charge in [0.1, 0.15) is 0 Å². The van der Waals surface area contributed by atoms with E-state index in [4.69, 9.17) is 14.9 Å². The average Bonchev–Trinajstić information content (AvgIpc) is 2.78. The van der Waals surface area contributed by atoms with E-state index in [1.54, 1.807) is 11.3 Å². The summed E-state index contributed by atoms with van der Waals surface area (Å²) >= 11 is 1.77. The van der Waals surface area contributed by atoms with E-state index in [9.17, 15) is 8.42 Å². The van der Waals surface area contributed by atoms with Gasteiger partial charge in [-0.2, -0.15) is 12.7 Å². The number of ether oxygens (including phenoxy) is 1. The van der Waals surface area contributed by atoms with Crippen LogP contribution in [0, 0.1) is 13.8 Å². The molecule has 1 aromatic rings. The third kappa shape index (κ3) is 4.13. The molecule has 4 aliphatic rings.